The molecule has 1 heterocycles. The molecule has 0 aromatic heterocycles. The van der Waals surface area contributed by atoms with E-state index in [0.717, 1.165) is 19.4 Å². The average Bonchev–Trinajstić information content (AvgIpc) is 2.39. The summed E-state index contributed by atoms with van der Waals surface area (Å²) in [4.78, 5) is 28.7. The van der Waals surface area contributed by atoms with Crippen LogP contribution in [0.2, 0.25) is 0 Å². The fraction of sp³-hybridized carbons (Fsp3) is 0.867. The van der Waals surface area contributed by atoms with Crippen molar-refractivity contribution in [1.82, 2.24) is 15.1 Å². The summed E-state index contributed by atoms with van der Waals surface area (Å²) in [5, 5.41) is 2.89. The molecule has 1 N–H and O–H groups in total. The Balaban J connectivity index is 2.71. The van der Waals surface area contributed by atoms with Gasteiger partial charge in [-0.1, -0.05) is 13.8 Å². The number of unbranched alkanes of at least 4 members (excludes halogenated alkanes) is 1. The highest BCUT2D eigenvalue weighted by Gasteiger charge is 2.45. The molecule has 5 heteroatoms. The quantitative estimate of drug-likeness (QED) is 0.715. The van der Waals surface area contributed by atoms with Gasteiger partial charge in [-0.2, -0.15) is 0 Å². The molecule has 0 aromatic carbocycles. The van der Waals surface area contributed by atoms with Gasteiger partial charge in [-0.05, 0) is 53.2 Å². The van der Waals surface area contributed by atoms with Gasteiger partial charge in [0.15, 0.2) is 0 Å². The van der Waals surface area contributed by atoms with Crippen LogP contribution < -0.4 is 5.32 Å². The summed E-state index contributed by atoms with van der Waals surface area (Å²) >= 11 is 0. The third-order valence-electron chi connectivity index (χ3n) is 4.16. The highest BCUT2D eigenvalue weighted by molar-refractivity contribution is 5.99. The molecule has 1 aliphatic heterocycles. The highest BCUT2D eigenvalue weighted by atomic mass is 16.2. The van der Waals surface area contributed by atoms with Crippen molar-refractivity contribution in [3.8, 4) is 0 Å². The van der Waals surface area contributed by atoms with Gasteiger partial charge in [-0.15, -0.1) is 0 Å². The van der Waals surface area contributed by atoms with E-state index in [1.807, 2.05) is 34.9 Å². The van der Waals surface area contributed by atoms with Gasteiger partial charge in [-0.25, -0.2) is 0 Å². The fourth-order valence-corrected chi connectivity index (χ4v) is 2.62. The first kappa shape index (κ1) is 17.0. The Morgan fingerprint density at radius 1 is 1.25 bits per heavy atom. The minimum atomic E-state index is -0.732. The van der Waals surface area contributed by atoms with Gasteiger partial charge in [-0.3, -0.25) is 9.59 Å². The Morgan fingerprint density at radius 3 is 2.40 bits per heavy atom. The molecule has 2 atom stereocenters. The molecule has 20 heavy (non-hydrogen) atoms. The Kier molecular flexibility index (Phi) is 5.99. The second-order valence-corrected chi connectivity index (χ2v) is 6.11. The van der Waals surface area contributed by atoms with Crippen LogP contribution in [0.1, 0.15) is 46.5 Å². The largest absolute Gasteiger partial charge is 0.340 e. The van der Waals surface area contributed by atoms with Crippen molar-refractivity contribution in [3.05, 3.63) is 0 Å². The minimum Gasteiger partial charge on any atom is -0.340 e. The fourth-order valence-electron chi connectivity index (χ4n) is 2.62. The number of rotatable bonds is 7. The van der Waals surface area contributed by atoms with Crippen molar-refractivity contribution in [3.63, 3.8) is 0 Å². The average molecular weight is 283 g/mol. The topological polar surface area (TPSA) is 52.7 Å². The summed E-state index contributed by atoms with van der Waals surface area (Å²) in [6, 6.07) is -0.304. The van der Waals surface area contributed by atoms with Gasteiger partial charge >= 0.3 is 0 Å². The van der Waals surface area contributed by atoms with Gasteiger partial charge in [0.2, 0.25) is 11.8 Å². The van der Waals surface area contributed by atoms with Crippen molar-refractivity contribution in [2.75, 3.05) is 27.2 Å². The number of amides is 2. The highest BCUT2D eigenvalue weighted by Crippen LogP contribution is 2.23. The Hall–Kier alpha value is -1.10. The maximum absolute atomic E-state index is 12.6. The zero-order chi connectivity index (χ0) is 15.3. The summed E-state index contributed by atoms with van der Waals surface area (Å²) in [6.07, 6.45) is 3.28. The van der Waals surface area contributed by atoms with Crippen molar-refractivity contribution in [1.29, 1.82) is 0 Å². The zero-order valence-corrected chi connectivity index (χ0v) is 13.5. The number of carbonyl (C=O) groups is 2. The maximum atomic E-state index is 12.6. The van der Waals surface area contributed by atoms with E-state index in [1.54, 1.807) is 4.90 Å². The molecule has 0 aromatic rings. The second-order valence-electron chi connectivity index (χ2n) is 6.11. The van der Waals surface area contributed by atoms with Crippen LogP contribution in [0.25, 0.3) is 0 Å². The lowest BCUT2D eigenvalue weighted by molar-refractivity contribution is -0.154. The van der Waals surface area contributed by atoms with Crippen LogP contribution >= 0.6 is 0 Å². The number of hydrogen-bond donors (Lipinski definition) is 1. The molecule has 116 valence electrons. The van der Waals surface area contributed by atoms with Crippen LogP contribution in [0.4, 0.5) is 0 Å². The van der Waals surface area contributed by atoms with E-state index in [-0.39, 0.29) is 17.9 Å². The summed E-state index contributed by atoms with van der Waals surface area (Å²) in [7, 11) is 4.09. The van der Waals surface area contributed by atoms with E-state index in [4.69, 9.17) is 0 Å². The van der Waals surface area contributed by atoms with Gasteiger partial charge in [0.25, 0.3) is 0 Å². The van der Waals surface area contributed by atoms with E-state index in [1.165, 1.54) is 0 Å². The van der Waals surface area contributed by atoms with Crippen LogP contribution in [0.5, 0.6) is 0 Å². The molecule has 0 saturated carbocycles. The summed E-state index contributed by atoms with van der Waals surface area (Å²) < 4.78 is 0. The summed E-state index contributed by atoms with van der Waals surface area (Å²) in [5.41, 5.74) is -0.732. The van der Waals surface area contributed by atoms with Crippen LogP contribution in [-0.4, -0.2) is 60.4 Å². The molecule has 1 saturated heterocycles. The minimum absolute atomic E-state index is 0.0101. The van der Waals surface area contributed by atoms with Crippen molar-refractivity contribution in [2.45, 2.75) is 58.0 Å². The number of carbonyl (C=O) groups excluding carboxylic acids is 2. The number of nitrogens with one attached hydrogen (secondary N) is 1. The molecular formula is C15H29N3O2. The lowest BCUT2D eigenvalue weighted by atomic mass is 9.91. The SMILES string of the molecule is CCC1C(=O)NC(C)(CC)C(=O)N1CCCCN(C)C. The molecule has 1 rings (SSSR count). The van der Waals surface area contributed by atoms with Crippen molar-refractivity contribution >= 4 is 11.8 Å². The van der Waals surface area contributed by atoms with E-state index < -0.39 is 5.54 Å². The van der Waals surface area contributed by atoms with Gasteiger partial charge in [0.05, 0.1) is 0 Å². The standard InChI is InChI=1S/C15H29N3O2/c1-6-12-13(19)16-15(3,7-2)14(20)18(12)11-9-8-10-17(4)5/h12H,6-11H2,1-5H3,(H,16,19). The van der Waals surface area contributed by atoms with Crippen LogP contribution in [0, 0.1) is 0 Å². The Bertz CT molecular complexity index is 357. The molecule has 2 unspecified atom stereocenters. The maximum Gasteiger partial charge on any atom is 0.248 e. The first-order valence-electron chi connectivity index (χ1n) is 7.63. The van der Waals surface area contributed by atoms with Gasteiger partial charge < -0.3 is 15.1 Å². The van der Waals surface area contributed by atoms with Crippen LogP contribution in [0.15, 0.2) is 0 Å². The molecule has 0 aliphatic carbocycles. The Morgan fingerprint density at radius 2 is 1.90 bits per heavy atom. The predicted octanol–water partition coefficient (Wildman–Crippen LogP) is 1.23. The monoisotopic (exact) mass is 283 g/mol. The van der Waals surface area contributed by atoms with Crippen LogP contribution in [0.3, 0.4) is 0 Å². The first-order chi connectivity index (χ1) is 9.35. The predicted molar refractivity (Wildman–Crippen MR) is 80.4 cm³/mol. The molecule has 1 fully saturated rings. The number of hydrogen-bond acceptors (Lipinski definition) is 3. The van der Waals surface area contributed by atoms with E-state index >= 15 is 0 Å². The Labute approximate surface area is 122 Å². The van der Waals surface area contributed by atoms with Crippen LogP contribution in [-0.2, 0) is 9.59 Å². The number of piperazine rings is 1. The molecular weight excluding hydrogens is 254 g/mol. The van der Waals surface area contributed by atoms with Crippen molar-refractivity contribution < 1.29 is 9.59 Å². The normalized spacial score (nSPS) is 27.1. The second kappa shape index (κ2) is 7.07. The number of nitrogens with zero attached hydrogens (tertiary/aromatic N) is 2. The van der Waals surface area contributed by atoms with E-state index in [9.17, 15) is 9.59 Å². The third-order valence-corrected chi connectivity index (χ3v) is 4.16. The lowest BCUT2D eigenvalue weighted by Gasteiger charge is -2.44. The summed E-state index contributed by atoms with van der Waals surface area (Å²) in [5.74, 6) is 0.0559. The molecule has 0 bridgehead atoms. The first-order valence-corrected chi connectivity index (χ1v) is 7.63. The van der Waals surface area contributed by atoms with Gasteiger partial charge in [0.1, 0.15) is 11.6 Å². The van der Waals surface area contributed by atoms with E-state index in [0.29, 0.717) is 19.4 Å². The lowest BCUT2D eigenvalue weighted by Crippen LogP contribution is -2.69. The van der Waals surface area contributed by atoms with Gasteiger partial charge in [0, 0.05) is 6.54 Å². The molecule has 0 spiro atoms. The van der Waals surface area contributed by atoms with E-state index in [2.05, 4.69) is 10.2 Å². The zero-order valence-electron chi connectivity index (χ0n) is 13.5. The van der Waals surface area contributed by atoms with Crippen molar-refractivity contribution in [2.24, 2.45) is 0 Å². The smallest absolute Gasteiger partial charge is 0.248 e. The molecule has 0 radical (unpaired) electrons. The summed E-state index contributed by atoms with van der Waals surface area (Å²) in [6.45, 7) is 7.41. The molecule has 1 aliphatic rings. The molecule has 2 amide bonds. The third kappa shape index (κ3) is 3.72. The molecule has 5 nitrogen and oxygen atoms in total.